The lowest BCUT2D eigenvalue weighted by Gasteiger charge is -1.86. The van der Waals surface area contributed by atoms with Gasteiger partial charge in [-0.05, 0) is 18.4 Å². The minimum Gasteiger partial charge on any atom is -0.318 e. The number of nitrogens with two attached hydrogens (primary N) is 1. The Kier molecular flexibility index (Phi) is 2.49. The van der Waals surface area contributed by atoms with E-state index < -0.39 is 0 Å². The van der Waals surface area contributed by atoms with Gasteiger partial charge in [-0.15, -0.1) is 11.3 Å². The van der Waals surface area contributed by atoms with Crippen molar-refractivity contribution in [2.75, 3.05) is 0 Å². The Balaban J connectivity index is 2.66. The molecule has 1 aromatic rings. The van der Waals surface area contributed by atoms with Gasteiger partial charge >= 0.3 is 0 Å². The fourth-order valence-electron chi connectivity index (χ4n) is 0.535. The molecule has 1 heterocycles. The smallest absolute Gasteiger partial charge is 0.0768 e. The van der Waals surface area contributed by atoms with E-state index in [1.807, 2.05) is 24.4 Å². The fourth-order valence-corrected chi connectivity index (χ4v) is 1.11. The van der Waals surface area contributed by atoms with Crippen LogP contribution in [0.2, 0.25) is 0 Å². The van der Waals surface area contributed by atoms with E-state index in [1.54, 1.807) is 11.3 Å². The summed E-state index contributed by atoms with van der Waals surface area (Å²) in [5.74, 6) is 5.85. The first-order valence-electron chi connectivity index (χ1n) is 3.09. The molecule has 0 amide bonds. The molecule has 0 spiro atoms. The Morgan fingerprint density at radius 1 is 1.70 bits per heavy atom. The minimum atomic E-state index is -0.0258. The Labute approximate surface area is 64.9 Å². The highest BCUT2D eigenvalue weighted by Crippen LogP contribution is 2.05. The highest BCUT2D eigenvalue weighted by Gasteiger charge is 1.85. The number of hydrogen-bond donors (Lipinski definition) is 1. The molecule has 0 bridgehead atoms. The molecule has 0 unspecified atom stereocenters. The second-order valence-corrected chi connectivity index (χ2v) is 2.98. The lowest BCUT2D eigenvalue weighted by molar-refractivity contribution is 0.959. The summed E-state index contributed by atoms with van der Waals surface area (Å²) in [6.45, 7) is 1.88. The van der Waals surface area contributed by atoms with E-state index in [2.05, 4.69) is 11.8 Å². The predicted octanol–water partition coefficient (Wildman–Crippen LogP) is 1.45. The van der Waals surface area contributed by atoms with Crippen molar-refractivity contribution in [2.24, 2.45) is 5.73 Å². The molecule has 1 rings (SSSR count). The predicted molar refractivity (Wildman–Crippen MR) is 44.8 cm³/mol. The number of thiophene rings is 1. The normalized spacial score (nSPS) is 11.8. The van der Waals surface area contributed by atoms with Crippen LogP contribution in [0.1, 0.15) is 11.8 Å². The van der Waals surface area contributed by atoms with Crippen LogP contribution in [0.5, 0.6) is 0 Å². The first-order valence-corrected chi connectivity index (χ1v) is 3.97. The van der Waals surface area contributed by atoms with Crippen molar-refractivity contribution in [3.63, 3.8) is 0 Å². The highest BCUT2D eigenvalue weighted by atomic mass is 32.1. The van der Waals surface area contributed by atoms with Crippen molar-refractivity contribution in [1.82, 2.24) is 0 Å². The third-order valence-electron chi connectivity index (χ3n) is 0.944. The van der Waals surface area contributed by atoms with Crippen LogP contribution in [0.25, 0.3) is 0 Å². The van der Waals surface area contributed by atoms with Crippen LogP contribution in [0, 0.1) is 11.8 Å². The first kappa shape index (κ1) is 7.33. The van der Waals surface area contributed by atoms with Gasteiger partial charge in [-0.3, -0.25) is 0 Å². The fraction of sp³-hybridized carbons (Fsp3) is 0.250. The summed E-state index contributed by atoms with van der Waals surface area (Å²) in [4.78, 5) is 1.08. The van der Waals surface area contributed by atoms with Gasteiger partial charge in [-0.2, -0.15) is 0 Å². The Morgan fingerprint density at radius 2 is 2.50 bits per heavy atom. The summed E-state index contributed by atoms with van der Waals surface area (Å²) < 4.78 is 0. The van der Waals surface area contributed by atoms with Crippen LogP contribution in [0.4, 0.5) is 0 Å². The van der Waals surface area contributed by atoms with Gasteiger partial charge < -0.3 is 5.73 Å². The summed E-state index contributed by atoms with van der Waals surface area (Å²) in [5, 5.41) is 2.01. The largest absolute Gasteiger partial charge is 0.318 e. The van der Waals surface area contributed by atoms with Gasteiger partial charge in [0.2, 0.25) is 0 Å². The van der Waals surface area contributed by atoms with Crippen molar-refractivity contribution in [1.29, 1.82) is 0 Å². The summed E-state index contributed by atoms with van der Waals surface area (Å²) in [6, 6.07) is 3.94. The average molecular weight is 151 g/mol. The summed E-state index contributed by atoms with van der Waals surface area (Å²) in [7, 11) is 0. The molecule has 0 fully saturated rings. The molecule has 0 saturated heterocycles. The van der Waals surface area contributed by atoms with Crippen molar-refractivity contribution < 1.29 is 0 Å². The van der Waals surface area contributed by atoms with Crippen molar-refractivity contribution in [3.05, 3.63) is 22.4 Å². The van der Waals surface area contributed by atoms with Crippen molar-refractivity contribution in [2.45, 2.75) is 13.0 Å². The SMILES string of the molecule is C[C@H](N)C#Cc1cccs1. The van der Waals surface area contributed by atoms with Crippen LogP contribution < -0.4 is 5.73 Å². The van der Waals surface area contributed by atoms with E-state index >= 15 is 0 Å². The minimum absolute atomic E-state index is 0.0258. The second-order valence-electron chi connectivity index (χ2n) is 2.04. The van der Waals surface area contributed by atoms with Crippen LogP contribution >= 0.6 is 11.3 Å². The van der Waals surface area contributed by atoms with E-state index in [4.69, 9.17) is 5.73 Å². The summed E-state index contributed by atoms with van der Waals surface area (Å²) in [5.41, 5.74) is 5.44. The van der Waals surface area contributed by atoms with E-state index in [0.29, 0.717) is 0 Å². The zero-order valence-electron chi connectivity index (χ0n) is 5.79. The van der Waals surface area contributed by atoms with E-state index in [9.17, 15) is 0 Å². The molecule has 52 valence electrons. The molecule has 2 N–H and O–H groups in total. The van der Waals surface area contributed by atoms with Crippen LogP contribution in [-0.2, 0) is 0 Å². The molecule has 2 heteroatoms. The molecule has 10 heavy (non-hydrogen) atoms. The summed E-state index contributed by atoms with van der Waals surface area (Å²) >= 11 is 1.64. The Bertz CT molecular complexity index is 238. The van der Waals surface area contributed by atoms with E-state index in [0.717, 1.165) is 4.88 Å². The third-order valence-corrected chi connectivity index (χ3v) is 1.73. The van der Waals surface area contributed by atoms with Gasteiger partial charge in [-0.1, -0.05) is 17.9 Å². The van der Waals surface area contributed by atoms with E-state index in [-0.39, 0.29) is 6.04 Å². The van der Waals surface area contributed by atoms with Crippen molar-refractivity contribution >= 4 is 11.3 Å². The van der Waals surface area contributed by atoms with Crippen LogP contribution in [-0.4, -0.2) is 6.04 Å². The molecule has 1 atom stereocenters. The third kappa shape index (κ3) is 2.22. The maximum Gasteiger partial charge on any atom is 0.0768 e. The molecule has 0 saturated carbocycles. The van der Waals surface area contributed by atoms with Crippen molar-refractivity contribution in [3.8, 4) is 11.8 Å². The lowest BCUT2D eigenvalue weighted by Crippen LogP contribution is -2.10. The van der Waals surface area contributed by atoms with Gasteiger partial charge in [0, 0.05) is 0 Å². The molecule has 0 aliphatic heterocycles. The molecular weight excluding hydrogens is 142 g/mol. The van der Waals surface area contributed by atoms with Gasteiger partial charge in [0.1, 0.15) is 0 Å². The molecule has 1 nitrogen and oxygen atoms in total. The maximum absolute atomic E-state index is 5.44. The molecular formula is C8H9NS. The number of hydrogen-bond acceptors (Lipinski definition) is 2. The Hall–Kier alpha value is -0.780. The van der Waals surface area contributed by atoms with Gasteiger partial charge in [0.15, 0.2) is 0 Å². The zero-order chi connectivity index (χ0) is 7.40. The van der Waals surface area contributed by atoms with Gasteiger partial charge in [0.05, 0.1) is 10.9 Å². The van der Waals surface area contributed by atoms with Crippen LogP contribution in [0.3, 0.4) is 0 Å². The Morgan fingerprint density at radius 3 is 3.00 bits per heavy atom. The zero-order valence-corrected chi connectivity index (χ0v) is 6.61. The monoisotopic (exact) mass is 151 g/mol. The van der Waals surface area contributed by atoms with Gasteiger partial charge in [0.25, 0.3) is 0 Å². The molecule has 1 aromatic heterocycles. The molecule has 0 radical (unpaired) electrons. The number of rotatable bonds is 0. The van der Waals surface area contributed by atoms with Gasteiger partial charge in [-0.25, -0.2) is 0 Å². The quantitative estimate of drug-likeness (QED) is 0.558. The topological polar surface area (TPSA) is 26.0 Å². The molecule has 0 aliphatic carbocycles. The van der Waals surface area contributed by atoms with E-state index in [1.165, 1.54) is 0 Å². The average Bonchev–Trinajstić information content (AvgIpc) is 2.34. The summed E-state index contributed by atoms with van der Waals surface area (Å²) in [6.07, 6.45) is 0. The highest BCUT2D eigenvalue weighted by molar-refractivity contribution is 7.10. The second kappa shape index (κ2) is 3.40. The first-order chi connectivity index (χ1) is 4.79. The lowest BCUT2D eigenvalue weighted by atomic mass is 10.3. The molecule has 0 aliphatic rings. The van der Waals surface area contributed by atoms with Crippen LogP contribution in [0.15, 0.2) is 17.5 Å². The molecule has 0 aromatic carbocycles. The standard InChI is InChI=1S/C8H9NS/c1-7(9)4-5-8-3-2-6-10-8/h2-3,6-7H,9H2,1H3/t7-/m0/s1. The maximum atomic E-state index is 5.44.